The lowest BCUT2D eigenvalue weighted by molar-refractivity contribution is -0.139. The van der Waals surface area contributed by atoms with E-state index in [1.165, 1.54) is 6.42 Å². The van der Waals surface area contributed by atoms with Gasteiger partial charge in [-0.3, -0.25) is 9.69 Å². The second-order valence-electron chi connectivity index (χ2n) is 7.51. The van der Waals surface area contributed by atoms with Crippen molar-refractivity contribution < 1.29 is 14.7 Å². The number of hydrogen-bond acceptors (Lipinski definition) is 3. The van der Waals surface area contributed by atoms with E-state index in [0.717, 1.165) is 32.2 Å². The minimum Gasteiger partial charge on any atom is -0.480 e. The number of amides is 2. The van der Waals surface area contributed by atoms with Gasteiger partial charge in [-0.25, -0.2) is 4.79 Å². The van der Waals surface area contributed by atoms with Crippen molar-refractivity contribution in [3.63, 3.8) is 0 Å². The number of nitrogens with zero attached hydrogens (tertiary/aromatic N) is 1. The number of carboxylic acids is 1. The number of urea groups is 1. The van der Waals surface area contributed by atoms with Gasteiger partial charge in [0.05, 0.1) is 6.54 Å². The molecule has 0 aromatic carbocycles. The summed E-state index contributed by atoms with van der Waals surface area (Å²) >= 11 is 0. The highest BCUT2D eigenvalue weighted by Crippen LogP contribution is 2.29. The summed E-state index contributed by atoms with van der Waals surface area (Å²) < 4.78 is 0. The van der Waals surface area contributed by atoms with E-state index in [4.69, 9.17) is 5.11 Å². The summed E-state index contributed by atoms with van der Waals surface area (Å²) in [5, 5.41) is 15.0. The van der Waals surface area contributed by atoms with Crippen molar-refractivity contribution in [3.8, 4) is 0 Å². The van der Waals surface area contributed by atoms with Gasteiger partial charge in [-0.15, -0.1) is 0 Å². The monoisotopic (exact) mass is 325 g/mol. The molecule has 0 aromatic rings. The average Bonchev–Trinajstić information content (AvgIpc) is 2.38. The Labute approximate surface area is 139 Å². The predicted octanol–water partition coefficient (Wildman–Crippen LogP) is 2.05. The van der Waals surface area contributed by atoms with E-state index in [1.54, 1.807) is 0 Å². The van der Waals surface area contributed by atoms with Crippen LogP contribution in [0.4, 0.5) is 4.79 Å². The standard InChI is InChI=1S/C17H31N3O3/c1-4-20(10-16(21)22)15-8-14(9-15)19-17(23)18-13-6-11(2)5-12(3)7-13/h11-15H,4-10H2,1-3H3,(H,21,22)(H2,18,19,23). The van der Waals surface area contributed by atoms with Crippen LogP contribution < -0.4 is 10.6 Å². The number of nitrogens with one attached hydrogen (secondary N) is 2. The Kier molecular flexibility index (Phi) is 6.27. The van der Waals surface area contributed by atoms with Crippen LogP contribution in [-0.2, 0) is 4.79 Å². The molecule has 6 heteroatoms. The molecule has 2 atom stereocenters. The van der Waals surface area contributed by atoms with E-state index < -0.39 is 5.97 Å². The maximum atomic E-state index is 12.1. The van der Waals surface area contributed by atoms with Crippen molar-refractivity contribution in [2.24, 2.45) is 11.8 Å². The average molecular weight is 325 g/mol. The number of aliphatic carboxylic acids is 1. The van der Waals surface area contributed by atoms with Crippen molar-refractivity contribution in [2.45, 2.75) is 71.0 Å². The van der Waals surface area contributed by atoms with Crippen LogP contribution in [0.2, 0.25) is 0 Å². The number of likely N-dealkylation sites (N-methyl/N-ethyl adjacent to an activating group) is 1. The molecule has 2 fully saturated rings. The number of hydrogen-bond donors (Lipinski definition) is 3. The smallest absolute Gasteiger partial charge is 0.317 e. The molecular formula is C17H31N3O3. The Hall–Kier alpha value is -1.30. The van der Waals surface area contributed by atoms with Crippen molar-refractivity contribution in [3.05, 3.63) is 0 Å². The summed E-state index contributed by atoms with van der Waals surface area (Å²) in [4.78, 5) is 24.9. The molecule has 0 bridgehead atoms. The molecule has 23 heavy (non-hydrogen) atoms. The SMILES string of the molecule is CCN(CC(=O)O)C1CC(NC(=O)NC2CC(C)CC(C)C2)C1. The fourth-order valence-electron chi connectivity index (χ4n) is 4.15. The van der Waals surface area contributed by atoms with E-state index in [1.807, 2.05) is 11.8 Å². The minimum atomic E-state index is -0.790. The van der Waals surface area contributed by atoms with Crippen molar-refractivity contribution in [2.75, 3.05) is 13.1 Å². The number of carbonyl (C=O) groups excluding carboxylic acids is 1. The van der Waals surface area contributed by atoms with Crippen LogP contribution in [0.5, 0.6) is 0 Å². The topological polar surface area (TPSA) is 81.7 Å². The van der Waals surface area contributed by atoms with Gasteiger partial charge >= 0.3 is 12.0 Å². The van der Waals surface area contributed by atoms with Gasteiger partial charge in [0.15, 0.2) is 0 Å². The number of carbonyl (C=O) groups is 2. The molecule has 2 aliphatic rings. The Morgan fingerprint density at radius 3 is 2.00 bits per heavy atom. The molecule has 132 valence electrons. The first kappa shape index (κ1) is 18.0. The van der Waals surface area contributed by atoms with Gasteiger partial charge in [0.1, 0.15) is 0 Å². The molecule has 0 spiro atoms. The second-order valence-corrected chi connectivity index (χ2v) is 7.51. The lowest BCUT2D eigenvalue weighted by Crippen LogP contribution is -2.57. The van der Waals surface area contributed by atoms with Crippen molar-refractivity contribution in [1.29, 1.82) is 0 Å². The largest absolute Gasteiger partial charge is 0.480 e. The summed E-state index contributed by atoms with van der Waals surface area (Å²) in [5.74, 6) is 0.555. The fraction of sp³-hybridized carbons (Fsp3) is 0.882. The third kappa shape index (κ3) is 5.37. The molecule has 3 N–H and O–H groups in total. The Morgan fingerprint density at radius 2 is 1.52 bits per heavy atom. The zero-order chi connectivity index (χ0) is 17.0. The lowest BCUT2D eigenvalue weighted by atomic mass is 9.80. The first-order chi connectivity index (χ1) is 10.9. The molecule has 2 amide bonds. The van der Waals surface area contributed by atoms with Gasteiger partial charge in [0.2, 0.25) is 0 Å². The third-order valence-corrected chi connectivity index (χ3v) is 5.22. The maximum absolute atomic E-state index is 12.1. The summed E-state index contributed by atoms with van der Waals surface area (Å²) in [7, 11) is 0. The van der Waals surface area contributed by atoms with E-state index in [0.29, 0.717) is 11.8 Å². The quantitative estimate of drug-likeness (QED) is 0.698. The van der Waals surface area contributed by atoms with Gasteiger partial charge in [-0.1, -0.05) is 20.8 Å². The zero-order valence-electron chi connectivity index (χ0n) is 14.5. The Morgan fingerprint density at radius 1 is 1.00 bits per heavy atom. The Bertz CT molecular complexity index is 413. The Balaban J connectivity index is 1.68. The van der Waals surface area contributed by atoms with E-state index in [2.05, 4.69) is 24.5 Å². The third-order valence-electron chi connectivity index (χ3n) is 5.22. The molecule has 0 aliphatic heterocycles. The first-order valence-corrected chi connectivity index (χ1v) is 8.90. The maximum Gasteiger partial charge on any atom is 0.317 e. The van der Waals surface area contributed by atoms with Crippen LogP contribution in [0.3, 0.4) is 0 Å². The van der Waals surface area contributed by atoms with E-state index in [-0.39, 0.29) is 30.7 Å². The molecule has 0 saturated heterocycles. The molecule has 0 aromatic heterocycles. The molecule has 2 aliphatic carbocycles. The second kappa shape index (κ2) is 7.99. The number of rotatable bonds is 6. The summed E-state index contributed by atoms with van der Waals surface area (Å²) in [6, 6.07) is 0.655. The van der Waals surface area contributed by atoms with E-state index >= 15 is 0 Å². The summed E-state index contributed by atoms with van der Waals surface area (Å²) in [5.41, 5.74) is 0. The minimum absolute atomic E-state index is 0.0685. The first-order valence-electron chi connectivity index (χ1n) is 8.90. The van der Waals surface area contributed by atoms with Gasteiger partial charge in [-0.2, -0.15) is 0 Å². The molecular weight excluding hydrogens is 294 g/mol. The highest BCUT2D eigenvalue weighted by molar-refractivity contribution is 5.74. The summed E-state index contributed by atoms with van der Waals surface area (Å²) in [6.07, 6.45) is 5.05. The molecule has 0 radical (unpaired) electrons. The highest BCUT2D eigenvalue weighted by Gasteiger charge is 2.35. The molecule has 6 nitrogen and oxygen atoms in total. The summed E-state index contributed by atoms with van der Waals surface area (Å²) in [6.45, 7) is 7.29. The van der Waals surface area contributed by atoms with Gasteiger partial charge < -0.3 is 15.7 Å². The number of carboxylic acid groups (broad SMARTS) is 1. The van der Waals surface area contributed by atoms with Crippen LogP contribution >= 0.6 is 0 Å². The van der Waals surface area contributed by atoms with Crippen LogP contribution in [0, 0.1) is 11.8 Å². The predicted molar refractivity (Wildman–Crippen MR) is 89.3 cm³/mol. The lowest BCUT2D eigenvalue weighted by Gasteiger charge is -2.42. The zero-order valence-corrected chi connectivity index (χ0v) is 14.5. The highest BCUT2D eigenvalue weighted by atomic mass is 16.4. The van der Waals surface area contributed by atoms with Gasteiger partial charge in [-0.05, 0) is 50.5 Å². The molecule has 2 saturated carbocycles. The van der Waals surface area contributed by atoms with Crippen LogP contribution in [0.1, 0.15) is 52.9 Å². The normalized spacial score (nSPS) is 33.8. The van der Waals surface area contributed by atoms with Crippen molar-refractivity contribution >= 4 is 12.0 Å². The molecule has 0 heterocycles. The van der Waals surface area contributed by atoms with E-state index in [9.17, 15) is 9.59 Å². The molecule has 2 unspecified atom stereocenters. The van der Waals surface area contributed by atoms with Crippen LogP contribution in [-0.4, -0.2) is 53.2 Å². The van der Waals surface area contributed by atoms with Crippen LogP contribution in [0.15, 0.2) is 0 Å². The van der Waals surface area contributed by atoms with Gasteiger partial charge in [0, 0.05) is 18.1 Å². The van der Waals surface area contributed by atoms with Crippen molar-refractivity contribution in [1.82, 2.24) is 15.5 Å². The fourth-order valence-corrected chi connectivity index (χ4v) is 4.15. The molecule has 2 rings (SSSR count). The van der Waals surface area contributed by atoms with Gasteiger partial charge in [0.25, 0.3) is 0 Å². The van der Waals surface area contributed by atoms with Crippen LogP contribution in [0.25, 0.3) is 0 Å².